The van der Waals surface area contributed by atoms with Crippen LogP contribution in [0.3, 0.4) is 0 Å². The first-order valence-electron chi connectivity index (χ1n) is 6.79. The van der Waals surface area contributed by atoms with Gasteiger partial charge in [-0.15, -0.1) is 12.6 Å². The smallest absolute Gasteiger partial charge is 0.128 e. The van der Waals surface area contributed by atoms with Crippen molar-refractivity contribution in [2.24, 2.45) is 0 Å². The van der Waals surface area contributed by atoms with Gasteiger partial charge in [-0.2, -0.15) is 0 Å². The van der Waals surface area contributed by atoms with Gasteiger partial charge in [0.1, 0.15) is 11.6 Å². The molecule has 0 atom stereocenters. The number of halogens is 1. The second-order valence-corrected chi connectivity index (χ2v) is 4.93. The normalized spacial score (nSPS) is 8.86. The van der Waals surface area contributed by atoms with Crippen LogP contribution in [-0.4, -0.2) is 7.11 Å². The van der Waals surface area contributed by atoms with Crippen LogP contribution < -0.4 is 10.5 Å². The summed E-state index contributed by atoms with van der Waals surface area (Å²) in [6, 6.07) is 12.2. The van der Waals surface area contributed by atoms with Crippen LogP contribution >= 0.6 is 12.6 Å². The maximum Gasteiger partial charge on any atom is 0.128 e. The number of benzene rings is 2. The Bertz CT molecular complexity index is 532. The lowest BCUT2D eigenvalue weighted by atomic mass is 10.2. The zero-order valence-corrected chi connectivity index (χ0v) is 14.0. The fourth-order valence-corrected chi connectivity index (χ4v) is 1.43. The number of hydrogen-bond donors (Lipinski definition) is 2. The van der Waals surface area contributed by atoms with Gasteiger partial charge in [0, 0.05) is 10.6 Å². The molecule has 21 heavy (non-hydrogen) atoms. The van der Waals surface area contributed by atoms with E-state index in [0.717, 1.165) is 10.6 Å². The second kappa shape index (κ2) is 11.0. The van der Waals surface area contributed by atoms with Crippen LogP contribution in [-0.2, 0) is 0 Å². The molecule has 4 heteroatoms. The summed E-state index contributed by atoms with van der Waals surface area (Å²) in [7, 11) is 1.64. The zero-order chi connectivity index (χ0) is 16.3. The van der Waals surface area contributed by atoms with Gasteiger partial charge in [0.25, 0.3) is 0 Å². The van der Waals surface area contributed by atoms with Gasteiger partial charge >= 0.3 is 0 Å². The lowest BCUT2D eigenvalue weighted by Crippen LogP contribution is -1.87. The van der Waals surface area contributed by atoms with Crippen LogP contribution in [0.15, 0.2) is 47.4 Å². The highest BCUT2D eigenvalue weighted by atomic mass is 32.1. The number of ether oxygens (including phenoxy) is 1. The molecule has 0 aliphatic heterocycles. The predicted molar refractivity (Wildman–Crippen MR) is 91.8 cm³/mol. The van der Waals surface area contributed by atoms with E-state index >= 15 is 0 Å². The van der Waals surface area contributed by atoms with Crippen LogP contribution in [0.5, 0.6) is 5.75 Å². The van der Waals surface area contributed by atoms with E-state index in [1.807, 2.05) is 24.3 Å². The van der Waals surface area contributed by atoms with Gasteiger partial charge in [0.15, 0.2) is 0 Å². The molecule has 0 aliphatic carbocycles. The van der Waals surface area contributed by atoms with Gasteiger partial charge in [-0.05, 0) is 42.8 Å². The largest absolute Gasteiger partial charge is 0.497 e. The summed E-state index contributed by atoms with van der Waals surface area (Å²) in [5, 5.41) is 0. The van der Waals surface area contributed by atoms with Gasteiger partial charge in [-0.25, -0.2) is 4.39 Å². The average molecular weight is 309 g/mol. The molecule has 2 nitrogen and oxygen atoms in total. The number of rotatable bonds is 1. The van der Waals surface area contributed by atoms with Crippen LogP contribution in [0.4, 0.5) is 10.1 Å². The molecule has 2 rings (SSSR count). The van der Waals surface area contributed by atoms with E-state index in [-0.39, 0.29) is 5.82 Å². The highest BCUT2D eigenvalue weighted by Crippen LogP contribution is 2.14. The molecule has 0 aromatic heterocycles. The lowest BCUT2D eigenvalue weighted by Gasteiger charge is -1.97. The molecule has 0 spiro atoms. The van der Waals surface area contributed by atoms with Crippen molar-refractivity contribution in [2.45, 2.75) is 32.1 Å². The maximum absolute atomic E-state index is 12.5. The third-order valence-electron chi connectivity index (χ3n) is 2.25. The quantitative estimate of drug-likeness (QED) is 0.566. The Morgan fingerprint density at radius 2 is 1.76 bits per heavy atom. The van der Waals surface area contributed by atoms with Crippen molar-refractivity contribution >= 4 is 18.3 Å². The first-order valence-corrected chi connectivity index (χ1v) is 7.23. The van der Waals surface area contributed by atoms with Crippen molar-refractivity contribution in [1.82, 2.24) is 0 Å². The van der Waals surface area contributed by atoms with Crippen LogP contribution in [0.25, 0.3) is 0 Å². The van der Waals surface area contributed by atoms with Crippen LogP contribution in [0, 0.1) is 12.7 Å². The van der Waals surface area contributed by atoms with E-state index in [9.17, 15) is 4.39 Å². The van der Waals surface area contributed by atoms with Gasteiger partial charge in [-0.3, -0.25) is 0 Å². The summed E-state index contributed by atoms with van der Waals surface area (Å²) >= 11 is 4.13. The molecule has 0 heterocycles. The molecule has 0 saturated heterocycles. The number of aryl methyl sites for hydroxylation is 1. The summed E-state index contributed by atoms with van der Waals surface area (Å²) in [4.78, 5) is 0.925. The molecule has 116 valence electrons. The molecule has 2 aromatic carbocycles. The molecular weight excluding hydrogens is 285 g/mol. The van der Waals surface area contributed by atoms with Crippen LogP contribution in [0.1, 0.15) is 25.8 Å². The molecule has 0 saturated carbocycles. The number of thiol groups is 1. The van der Waals surface area contributed by atoms with Crippen molar-refractivity contribution in [3.8, 4) is 5.75 Å². The highest BCUT2D eigenvalue weighted by Gasteiger charge is 1.93. The Morgan fingerprint density at radius 3 is 2.14 bits per heavy atom. The highest BCUT2D eigenvalue weighted by molar-refractivity contribution is 7.80. The zero-order valence-electron chi connectivity index (χ0n) is 13.1. The van der Waals surface area contributed by atoms with Crippen molar-refractivity contribution in [3.05, 3.63) is 53.8 Å². The molecule has 2 N–H and O–H groups in total. The third-order valence-corrected chi connectivity index (χ3v) is 2.53. The fraction of sp³-hybridized carbons (Fsp3) is 0.294. The van der Waals surface area contributed by atoms with E-state index in [4.69, 9.17) is 10.5 Å². The van der Waals surface area contributed by atoms with Gasteiger partial charge in [0.05, 0.1) is 7.11 Å². The number of nitrogens with two attached hydrogens (primary N) is 1. The van der Waals surface area contributed by atoms with E-state index in [2.05, 4.69) is 26.5 Å². The summed E-state index contributed by atoms with van der Waals surface area (Å²) in [6.45, 7) is 5.95. The average Bonchev–Trinajstić information content (AvgIpc) is 2.45. The molecule has 0 radical (unpaired) electrons. The summed E-state index contributed by atoms with van der Waals surface area (Å²) in [6.07, 6.45) is 1.25. The van der Waals surface area contributed by atoms with Gasteiger partial charge < -0.3 is 10.5 Å². The summed E-state index contributed by atoms with van der Waals surface area (Å²) in [5.41, 5.74) is 6.39. The lowest BCUT2D eigenvalue weighted by molar-refractivity contribution is 0.413. The van der Waals surface area contributed by atoms with E-state index in [1.54, 1.807) is 26.2 Å². The third kappa shape index (κ3) is 8.97. The SMILES string of the molecule is CCC.COc1cccc(S)c1.Cc1ccc(N)cc1F. The minimum absolute atomic E-state index is 0.241. The van der Waals surface area contributed by atoms with Gasteiger partial charge in [-0.1, -0.05) is 32.4 Å². The first kappa shape index (κ1) is 19.3. The van der Waals surface area contributed by atoms with Crippen molar-refractivity contribution in [3.63, 3.8) is 0 Å². The summed E-state index contributed by atoms with van der Waals surface area (Å²) in [5.74, 6) is 0.609. The molecule has 0 aliphatic rings. The molecule has 0 amide bonds. The second-order valence-electron chi connectivity index (χ2n) is 4.42. The Kier molecular flexibility index (Phi) is 10.1. The number of anilines is 1. The number of hydrogen-bond acceptors (Lipinski definition) is 3. The molecule has 0 bridgehead atoms. The standard InChI is InChI=1S/C7H8FN.C7H8OS.C3H8/c1-5-2-3-6(9)4-7(5)8;1-8-6-3-2-4-7(9)5-6;1-3-2/h2-4H,9H2,1H3;2-5,9H,1H3;3H2,1-2H3. The minimum atomic E-state index is -0.241. The maximum atomic E-state index is 12.5. The van der Waals surface area contributed by atoms with E-state index in [1.165, 1.54) is 12.5 Å². The van der Waals surface area contributed by atoms with Crippen molar-refractivity contribution in [1.29, 1.82) is 0 Å². The minimum Gasteiger partial charge on any atom is -0.497 e. The summed E-state index contributed by atoms with van der Waals surface area (Å²) < 4.78 is 17.4. The Morgan fingerprint density at radius 1 is 1.14 bits per heavy atom. The Labute approximate surface area is 132 Å². The van der Waals surface area contributed by atoms with Crippen molar-refractivity contribution < 1.29 is 9.13 Å². The molecule has 2 aromatic rings. The Balaban J connectivity index is 0.000000322. The molecule has 0 unspecified atom stereocenters. The van der Waals surface area contributed by atoms with E-state index < -0.39 is 0 Å². The predicted octanol–water partition coefficient (Wildman–Crippen LogP) is 5.12. The van der Waals surface area contributed by atoms with E-state index in [0.29, 0.717) is 11.3 Å². The van der Waals surface area contributed by atoms with Crippen LogP contribution in [0.2, 0.25) is 0 Å². The molecule has 0 fully saturated rings. The van der Waals surface area contributed by atoms with Crippen molar-refractivity contribution in [2.75, 3.05) is 12.8 Å². The van der Waals surface area contributed by atoms with Gasteiger partial charge in [0.2, 0.25) is 0 Å². The monoisotopic (exact) mass is 309 g/mol. The fourth-order valence-electron chi connectivity index (χ4n) is 1.22. The first-order chi connectivity index (χ1) is 9.94. The Hall–Kier alpha value is -1.68. The molecular formula is C17H24FNOS. The number of methoxy groups -OCH3 is 1. The topological polar surface area (TPSA) is 35.2 Å². The number of nitrogen functional groups attached to an aromatic ring is 1.